The van der Waals surface area contributed by atoms with Gasteiger partial charge in [0.1, 0.15) is 19.4 Å². The van der Waals surface area contributed by atoms with Crippen molar-refractivity contribution in [3.05, 3.63) is 95.5 Å². The monoisotopic (exact) mass is 476 g/mol. The van der Waals surface area contributed by atoms with Crippen LogP contribution < -0.4 is 5.46 Å². The van der Waals surface area contributed by atoms with E-state index in [2.05, 4.69) is 76.9 Å². The van der Waals surface area contributed by atoms with Gasteiger partial charge >= 0.3 is 0 Å². The van der Waals surface area contributed by atoms with Gasteiger partial charge in [0.25, 0.3) is 0 Å². The smallest absolute Gasteiger partial charge is 0.145 e. The van der Waals surface area contributed by atoms with Gasteiger partial charge in [0.15, 0.2) is 0 Å². The number of imidazole rings is 1. The molecule has 5 aromatic carbocycles. The van der Waals surface area contributed by atoms with E-state index in [1.807, 2.05) is 30.3 Å². The first-order chi connectivity index (χ1) is 15.6. The Morgan fingerprint density at radius 2 is 1.47 bits per heavy atom. The Bertz CT molecular complexity index is 1640. The number of phenolic OH excluding ortho intramolecular Hbond substituents is 1. The Morgan fingerprint density at radius 3 is 2.25 bits per heavy atom. The highest BCUT2D eigenvalue weighted by Gasteiger charge is 2.20. The summed E-state index contributed by atoms with van der Waals surface area (Å²) in [5, 5.41) is 14.6. The predicted molar refractivity (Wildman–Crippen MR) is 139 cm³/mol. The quantitative estimate of drug-likeness (QED) is 0.256. The van der Waals surface area contributed by atoms with Gasteiger partial charge in [0, 0.05) is 26.5 Å². The van der Waals surface area contributed by atoms with Crippen LogP contribution in [0.3, 0.4) is 0 Å². The minimum atomic E-state index is 0.246. The number of aromatic hydroxyl groups is 1. The standard InChI is InChI=1S/C27H18BBrN2O/c28-17-6-12-22-23(14-17)24-15-18(29)7-13-21(24)25-26(22)31(19-8-10-20(32)11-9-19)27(30-25)16-4-2-1-3-5-16/h1-15,32H,28H2. The molecule has 0 unspecified atom stereocenters. The van der Waals surface area contributed by atoms with Gasteiger partial charge in [-0.25, -0.2) is 4.98 Å². The van der Waals surface area contributed by atoms with Crippen LogP contribution in [-0.4, -0.2) is 22.5 Å². The minimum Gasteiger partial charge on any atom is -0.508 e. The lowest BCUT2D eigenvalue weighted by molar-refractivity contribution is 0.475. The van der Waals surface area contributed by atoms with Crippen molar-refractivity contribution in [2.24, 2.45) is 0 Å². The maximum Gasteiger partial charge on any atom is 0.145 e. The molecule has 3 nitrogen and oxygen atoms in total. The molecule has 5 heteroatoms. The van der Waals surface area contributed by atoms with Crippen molar-refractivity contribution in [1.82, 2.24) is 9.55 Å². The molecule has 0 radical (unpaired) electrons. The van der Waals surface area contributed by atoms with Crippen LogP contribution in [0, 0.1) is 0 Å². The number of benzene rings is 5. The van der Waals surface area contributed by atoms with Gasteiger partial charge in [-0.15, -0.1) is 0 Å². The molecule has 0 saturated heterocycles. The lowest BCUT2D eigenvalue weighted by atomic mass is 9.91. The van der Waals surface area contributed by atoms with Crippen molar-refractivity contribution < 1.29 is 5.11 Å². The maximum absolute atomic E-state index is 9.89. The van der Waals surface area contributed by atoms with Gasteiger partial charge in [-0.1, -0.05) is 76.0 Å². The first-order valence-electron chi connectivity index (χ1n) is 10.5. The van der Waals surface area contributed by atoms with E-state index in [0.717, 1.165) is 43.4 Å². The highest BCUT2D eigenvalue weighted by atomic mass is 79.9. The number of nitrogens with zero attached hydrogens (tertiary/aromatic N) is 2. The summed E-state index contributed by atoms with van der Waals surface area (Å²) < 4.78 is 3.26. The zero-order valence-corrected chi connectivity index (χ0v) is 19.0. The molecule has 0 amide bonds. The summed E-state index contributed by atoms with van der Waals surface area (Å²) in [4.78, 5) is 5.20. The second-order valence-electron chi connectivity index (χ2n) is 8.09. The largest absolute Gasteiger partial charge is 0.508 e. The second-order valence-corrected chi connectivity index (χ2v) is 9.01. The first-order valence-corrected chi connectivity index (χ1v) is 11.3. The van der Waals surface area contributed by atoms with Crippen molar-refractivity contribution in [1.29, 1.82) is 0 Å². The van der Waals surface area contributed by atoms with Gasteiger partial charge in [0.2, 0.25) is 0 Å². The van der Waals surface area contributed by atoms with Crippen molar-refractivity contribution in [2.45, 2.75) is 0 Å². The number of hydrogen-bond acceptors (Lipinski definition) is 2. The van der Waals surface area contributed by atoms with Crippen LogP contribution in [0.25, 0.3) is 49.7 Å². The van der Waals surface area contributed by atoms with E-state index in [1.54, 1.807) is 12.1 Å². The fourth-order valence-corrected chi connectivity index (χ4v) is 4.88. The third-order valence-corrected chi connectivity index (χ3v) is 6.47. The van der Waals surface area contributed by atoms with E-state index in [0.29, 0.717) is 0 Å². The third-order valence-electron chi connectivity index (χ3n) is 5.97. The normalized spacial score (nSPS) is 11.5. The predicted octanol–water partition coefficient (Wildman–Crippen LogP) is 5.73. The molecule has 6 rings (SSSR count). The van der Waals surface area contributed by atoms with Crippen molar-refractivity contribution >= 4 is 61.8 Å². The molecule has 1 aromatic heterocycles. The van der Waals surface area contributed by atoms with E-state index in [4.69, 9.17) is 4.98 Å². The van der Waals surface area contributed by atoms with Crippen molar-refractivity contribution in [3.8, 4) is 22.8 Å². The average molecular weight is 477 g/mol. The Kier molecular flexibility index (Phi) is 4.34. The molecule has 0 aliphatic rings. The Balaban J connectivity index is 1.87. The SMILES string of the molecule is Bc1ccc2c(c1)c1cc(Br)ccc1c1nc(-c3ccccc3)n(-c3ccc(O)cc3)c21. The maximum atomic E-state index is 9.89. The van der Waals surface area contributed by atoms with E-state index in [-0.39, 0.29) is 5.75 Å². The molecule has 0 aliphatic heterocycles. The van der Waals surface area contributed by atoms with E-state index in [9.17, 15) is 5.11 Å². The minimum absolute atomic E-state index is 0.246. The zero-order chi connectivity index (χ0) is 21.8. The fraction of sp³-hybridized carbons (Fsp3) is 0. The highest BCUT2D eigenvalue weighted by molar-refractivity contribution is 9.10. The molecule has 0 spiro atoms. The summed E-state index contributed by atoms with van der Waals surface area (Å²) in [5.41, 5.74) is 5.26. The second kappa shape index (κ2) is 7.25. The van der Waals surface area contributed by atoms with Crippen LogP contribution in [0.5, 0.6) is 5.75 Å². The summed E-state index contributed by atoms with van der Waals surface area (Å²) in [6.45, 7) is 0. The Labute approximate surface area is 194 Å². The van der Waals surface area contributed by atoms with Crippen LogP contribution in [-0.2, 0) is 0 Å². The molecule has 6 aromatic rings. The van der Waals surface area contributed by atoms with E-state index in [1.165, 1.54) is 16.2 Å². The number of phenols is 1. The molecular weight excluding hydrogens is 459 g/mol. The van der Waals surface area contributed by atoms with Crippen molar-refractivity contribution in [2.75, 3.05) is 0 Å². The first kappa shape index (κ1) is 19.1. The van der Waals surface area contributed by atoms with Gasteiger partial charge in [0.05, 0.1) is 11.0 Å². The van der Waals surface area contributed by atoms with Crippen LogP contribution >= 0.6 is 15.9 Å². The average Bonchev–Trinajstić information content (AvgIpc) is 3.21. The highest BCUT2D eigenvalue weighted by Crippen LogP contribution is 2.39. The van der Waals surface area contributed by atoms with Crippen LogP contribution in [0.2, 0.25) is 0 Å². The van der Waals surface area contributed by atoms with Crippen LogP contribution in [0.15, 0.2) is 95.5 Å². The number of halogens is 1. The van der Waals surface area contributed by atoms with Gasteiger partial charge in [-0.2, -0.15) is 0 Å². The van der Waals surface area contributed by atoms with E-state index >= 15 is 0 Å². The fourth-order valence-electron chi connectivity index (χ4n) is 4.52. The number of aromatic nitrogens is 2. The summed E-state index contributed by atoms with van der Waals surface area (Å²) >= 11 is 3.65. The van der Waals surface area contributed by atoms with Gasteiger partial charge in [-0.3, -0.25) is 4.57 Å². The molecule has 0 atom stereocenters. The molecule has 0 saturated carbocycles. The van der Waals surface area contributed by atoms with Gasteiger partial charge < -0.3 is 5.11 Å². The van der Waals surface area contributed by atoms with Crippen LogP contribution in [0.4, 0.5) is 0 Å². The number of hydrogen-bond donors (Lipinski definition) is 1. The van der Waals surface area contributed by atoms with Crippen molar-refractivity contribution in [3.63, 3.8) is 0 Å². The molecular formula is C27H18BBrN2O. The number of rotatable bonds is 2. The number of fused-ring (bicyclic) bond motifs is 6. The molecule has 0 fully saturated rings. The summed E-state index contributed by atoms with van der Waals surface area (Å²) in [6.07, 6.45) is 0. The van der Waals surface area contributed by atoms with Gasteiger partial charge in [-0.05, 0) is 47.2 Å². The zero-order valence-electron chi connectivity index (χ0n) is 17.4. The Morgan fingerprint density at radius 1 is 0.750 bits per heavy atom. The summed E-state index contributed by atoms with van der Waals surface area (Å²) in [5.74, 6) is 1.12. The molecule has 32 heavy (non-hydrogen) atoms. The molecule has 1 heterocycles. The lowest BCUT2D eigenvalue weighted by Gasteiger charge is -2.13. The molecule has 0 aliphatic carbocycles. The lowest BCUT2D eigenvalue weighted by Crippen LogP contribution is -2.02. The molecule has 152 valence electrons. The molecule has 0 bridgehead atoms. The topological polar surface area (TPSA) is 38.0 Å². The van der Waals surface area contributed by atoms with Crippen LogP contribution in [0.1, 0.15) is 0 Å². The third kappa shape index (κ3) is 2.93. The summed E-state index contributed by atoms with van der Waals surface area (Å²) in [7, 11) is 2.13. The Hall–Kier alpha value is -3.57. The summed E-state index contributed by atoms with van der Waals surface area (Å²) in [6, 6.07) is 30.6. The molecule has 1 N–H and O–H groups in total. The van der Waals surface area contributed by atoms with E-state index < -0.39 is 0 Å².